The van der Waals surface area contributed by atoms with Gasteiger partial charge in [0.25, 0.3) is 0 Å². The molecule has 0 saturated heterocycles. The minimum absolute atomic E-state index is 0.457. The quantitative estimate of drug-likeness (QED) is 0.830. The van der Waals surface area contributed by atoms with Crippen LogP contribution in [0.1, 0.15) is 25.0 Å². The first-order chi connectivity index (χ1) is 8.70. The van der Waals surface area contributed by atoms with Crippen molar-refractivity contribution in [1.82, 2.24) is 9.97 Å². The van der Waals surface area contributed by atoms with Crippen LogP contribution in [0.5, 0.6) is 0 Å². The summed E-state index contributed by atoms with van der Waals surface area (Å²) in [6, 6.07) is 5.07. The van der Waals surface area contributed by atoms with Gasteiger partial charge in [-0.3, -0.25) is 4.98 Å². The number of rotatable bonds is 2. The molecule has 0 amide bonds. The van der Waals surface area contributed by atoms with Crippen LogP contribution in [-0.4, -0.2) is 9.97 Å². The number of halogens is 1. The van der Waals surface area contributed by atoms with Crippen LogP contribution in [0.2, 0.25) is 0 Å². The van der Waals surface area contributed by atoms with Gasteiger partial charge in [-0.2, -0.15) is 4.39 Å². The molecule has 0 aliphatic heterocycles. The molecule has 0 fully saturated rings. The SMILES string of the molecule is CC.Cc1cc(CN)cnc1-c1ccnc(F)c1. The Balaban J connectivity index is 0.000000771. The molecule has 0 aliphatic rings. The maximum Gasteiger partial charge on any atom is 0.213 e. The predicted octanol–water partition coefficient (Wildman–Crippen LogP) is 3.08. The lowest BCUT2D eigenvalue weighted by Crippen LogP contribution is -1.99. The Labute approximate surface area is 107 Å². The molecule has 18 heavy (non-hydrogen) atoms. The molecular weight excluding hydrogens is 229 g/mol. The van der Waals surface area contributed by atoms with Gasteiger partial charge in [-0.1, -0.05) is 19.9 Å². The molecular formula is C14H18FN3. The van der Waals surface area contributed by atoms with Gasteiger partial charge in [-0.05, 0) is 24.1 Å². The van der Waals surface area contributed by atoms with Crippen molar-refractivity contribution in [2.75, 3.05) is 0 Å². The van der Waals surface area contributed by atoms with Crippen LogP contribution >= 0.6 is 0 Å². The molecule has 96 valence electrons. The maximum absolute atomic E-state index is 13.0. The van der Waals surface area contributed by atoms with E-state index in [1.54, 1.807) is 12.3 Å². The molecule has 0 atom stereocenters. The summed E-state index contributed by atoms with van der Waals surface area (Å²) in [5.74, 6) is -0.499. The summed E-state index contributed by atoms with van der Waals surface area (Å²) in [6.45, 7) is 6.39. The second-order valence-corrected chi connectivity index (χ2v) is 3.58. The molecule has 0 bridgehead atoms. The van der Waals surface area contributed by atoms with Crippen LogP contribution in [-0.2, 0) is 6.54 Å². The molecule has 0 spiro atoms. The van der Waals surface area contributed by atoms with Crippen molar-refractivity contribution >= 4 is 0 Å². The molecule has 2 rings (SSSR count). The van der Waals surface area contributed by atoms with Gasteiger partial charge in [-0.15, -0.1) is 0 Å². The zero-order chi connectivity index (χ0) is 13.5. The lowest BCUT2D eigenvalue weighted by Gasteiger charge is -2.06. The highest BCUT2D eigenvalue weighted by Crippen LogP contribution is 2.21. The van der Waals surface area contributed by atoms with E-state index >= 15 is 0 Å². The second-order valence-electron chi connectivity index (χ2n) is 3.58. The molecule has 0 aliphatic carbocycles. The van der Waals surface area contributed by atoms with Gasteiger partial charge in [-0.25, -0.2) is 4.98 Å². The minimum Gasteiger partial charge on any atom is -0.326 e. The van der Waals surface area contributed by atoms with Gasteiger partial charge in [0.15, 0.2) is 0 Å². The number of aryl methyl sites for hydroxylation is 1. The Morgan fingerprint density at radius 2 is 1.94 bits per heavy atom. The van der Waals surface area contributed by atoms with E-state index in [-0.39, 0.29) is 0 Å². The number of hydrogen-bond donors (Lipinski definition) is 1. The number of nitrogens with two attached hydrogens (primary N) is 1. The lowest BCUT2D eigenvalue weighted by molar-refractivity contribution is 0.584. The summed E-state index contributed by atoms with van der Waals surface area (Å²) in [5.41, 5.74) is 8.96. The molecule has 2 N–H and O–H groups in total. The largest absolute Gasteiger partial charge is 0.326 e. The second kappa shape index (κ2) is 6.81. The Morgan fingerprint density at radius 3 is 2.50 bits per heavy atom. The lowest BCUT2D eigenvalue weighted by atomic mass is 10.1. The third-order valence-electron chi connectivity index (χ3n) is 2.37. The number of nitrogens with zero attached hydrogens (tertiary/aromatic N) is 2. The Kier molecular flexibility index (Phi) is 5.39. The van der Waals surface area contributed by atoms with Gasteiger partial charge < -0.3 is 5.73 Å². The van der Waals surface area contributed by atoms with Gasteiger partial charge in [0.05, 0.1) is 5.69 Å². The van der Waals surface area contributed by atoms with E-state index < -0.39 is 5.95 Å². The van der Waals surface area contributed by atoms with Gasteiger partial charge in [0.2, 0.25) is 5.95 Å². The maximum atomic E-state index is 13.0. The van der Waals surface area contributed by atoms with Crippen LogP contribution in [0, 0.1) is 12.9 Å². The van der Waals surface area contributed by atoms with Crippen molar-refractivity contribution in [3.05, 3.63) is 47.7 Å². The van der Waals surface area contributed by atoms with E-state index in [9.17, 15) is 4.39 Å². The Hall–Kier alpha value is -1.81. The molecule has 4 heteroatoms. The van der Waals surface area contributed by atoms with E-state index in [2.05, 4.69) is 9.97 Å². The van der Waals surface area contributed by atoms with Crippen molar-refractivity contribution in [1.29, 1.82) is 0 Å². The van der Waals surface area contributed by atoms with Crippen molar-refractivity contribution < 1.29 is 4.39 Å². The first kappa shape index (κ1) is 14.3. The topological polar surface area (TPSA) is 51.8 Å². The van der Waals surface area contributed by atoms with Gasteiger partial charge in [0, 0.05) is 30.6 Å². The number of pyridine rings is 2. The third kappa shape index (κ3) is 3.34. The summed E-state index contributed by atoms with van der Waals surface area (Å²) in [7, 11) is 0. The molecule has 0 unspecified atom stereocenters. The van der Waals surface area contributed by atoms with E-state index in [1.807, 2.05) is 26.8 Å². The highest BCUT2D eigenvalue weighted by molar-refractivity contribution is 5.62. The monoisotopic (exact) mass is 247 g/mol. The van der Waals surface area contributed by atoms with E-state index in [0.29, 0.717) is 6.54 Å². The molecule has 2 heterocycles. The molecule has 0 aromatic carbocycles. The molecule has 2 aromatic heterocycles. The number of aromatic nitrogens is 2. The highest BCUT2D eigenvalue weighted by Gasteiger charge is 2.05. The summed E-state index contributed by atoms with van der Waals surface area (Å²) >= 11 is 0. The first-order valence-electron chi connectivity index (χ1n) is 5.98. The first-order valence-corrected chi connectivity index (χ1v) is 5.98. The molecule has 3 nitrogen and oxygen atoms in total. The molecule has 0 saturated carbocycles. The van der Waals surface area contributed by atoms with Crippen LogP contribution < -0.4 is 5.73 Å². The Bertz CT molecular complexity index is 512. The van der Waals surface area contributed by atoms with Crippen molar-refractivity contribution in [2.24, 2.45) is 5.73 Å². The van der Waals surface area contributed by atoms with Crippen molar-refractivity contribution in [3.8, 4) is 11.3 Å². The van der Waals surface area contributed by atoms with E-state index in [4.69, 9.17) is 5.73 Å². The van der Waals surface area contributed by atoms with Crippen LogP contribution in [0.25, 0.3) is 11.3 Å². The zero-order valence-electron chi connectivity index (χ0n) is 10.9. The highest BCUT2D eigenvalue weighted by atomic mass is 19.1. The summed E-state index contributed by atoms with van der Waals surface area (Å²) in [5, 5.41) is 0. The molecule has 0 radical (unpaired) electrons. The average molecular weight is 247 g/mol. The minimum atomic E-state index is -0.499. The number of hydrogen-bond acceptors (Lipinski definition) is 3. The summed E-state index contributed by atoms with van der Waals surface area (Å²) in [6.07, 6.45) is 3.14. The van der Waals surface area contributed by atoms with Crippen molar-refractivity contribution in [3.63, 3.8) is 0 Å². The van der Waals surface area contributed by atoms with E-state index in [1.165, 1.54) is 12.3 Å². The summed E-state index contributed by atoms with van der Waals surface area (Å²) < 4.78 is 13.0. The third-order valence-corrected chi connectivity index (χ3v) is 2.37. The van der Waals surface area contributed by atoms with Crippen molar-refractivity contribution in [2.45, 2.75) is 27.3 Å². The normalized spacial score (nSPS) is 9.61. The summed E-state index contributed by atoms with van der Waals surface area (Å²) in [4.78, 5) is 7.80. The predicted molar refractivity (Wildman–Crippen MR) is 71.4 cm³/mol. The van der Waals surface area contributed by atoms with Crippen LogP contribution in [0.3, 0.4) is 0 Å². The average Bonchev–Trinajstić information content (AvgIpc) is 2.41. The zero-order valence-corrected chi connectivity index (χ0v) is 10.9. The van der Waals surface area contributed by atoms with E-state index in [0.717, 1.165) is 22.4 Å². The Morgan fingerprint density at radius 1 is 1.22 bits per heavy atom. The van der Waals surface area contributed by atoms with Gasteiger partial charge >= 0.3 is 0 Å². The fraction of sp³-hybridized carbons (Fsp3) is 0.286. The fourth-order valence-electron chi connectivity index (χ4n) is 1.60. The fourth-order valence-corrected chi connectivity index (χ4v) is 1.60. The smallest absolute Gasteiger partial charge is 0.213 e. The van der Waals surface area contributed by atoms with Crippen LogP contribution in [0.15, 0.2) is 30.6 Å². The molecule has 2 aromatic rings. The van der Waals surface area contributed by atoms with Gasteiger partial charge in [0.1, 0.15) is 0 Å². The van der Waals surface area contributed by atoms with Crippen LogP contribution in [0.4, 0.5) is 4.39 Å². The standard InChI is InChI=1S/C12H12FN3.C2H6/c1-8-4-9(6-14)7-16-12(8)10-2-3-15-11(13)5-10;1-2/h2-5,7H,6,14H2,1H3;1-2H3.